The molecule has 1 heterocycles. The number of hydrogen-bond donors (Lipinski definition) is 0. The standard InChI is InChI=1S/C15H22O4/c1-2-16-13-7-3-4-8-14(13)17-11-12-19-15-9-5-6-10-18-15/h3-4,7-8,15H,2,5-6,9-12H2,1H3/t15-/m1/s1. The first-order chi connectivity index (χ1) is 9.40. The van der Waals surface area contributed by atoms with E-state index in [0.717, 1.165) is 30.9 Å². The Hall–Kier alpha value is -1.26. The number of hydrogen-bond acceptors (Lipinski definition) is 4. The molecule has 4 heteroatoms. The zero-order valence-electron chi connectivity index (χ0n) is 11.5. The molecule has 1 aromatic carbocycles. The Morgan fingerprint density at radius 3 is 2.58 bits per heavy atom. The van der Waals surface area contributed by atoms with Crippen molar-refractivity contribution < 1.29 is 18.9 Å². The van der Waals surface area contributed by atoms with Crippen molar-refractivity contribution in [3.8, 4) is 11.5 Å². The van der Waals surface area contributed by atoms with E-state index in [0.29, 0.717) is 19.8 Å². The molecule has 4 nitrogen and oxygen atoms in total. The maximum absolute atomic E-state index is 5.68. The molecule has 1 saturated heterocycles. The normalized spacial score (nSPS) is 19.1. The van der Waals surface area contributed by atoms with E-state index in [2.05, 4.69) is 0 Å². The van der Waals surface area contributed by atoms with Gasteiger partial charge >= 0.3 is 0 Å². The highest BCUT2D eigenvalue weighted by Gasteiger charge is 2.13. The van der Waals surface area contributed by atoms with Crippen molar-refractivity contribution in [1.82, 2.24) is 0 Å². The van der Waals surface area contributed by atoms with Gasteiger partial charge in [-0.05, 0) is 38.3 Å². The van der Waals surface area contributed by atoms with E-state index in [-0.39, 0.29) is 6.29 Å². The molecule has 19 heavy (non-hydrogen) atoms. The molecule has 1 aromatic rings. The minimum atomic E-state index is -0.0560. The second-order valence-corrected chi connectivity index (χ2v) is 4.40. The molecule has 1 aliphatic rings. The summed E-state index contributed by atoms with van der Waals surface area (Å²) >= 11 is 0. The van der Waals surface area contributed by atoms with E-state index in [1.165, 1.54) is 6.42 Å². The highest BCUT2D eigenvalue weighted by atomic mass is 16.7. The van der Waals surface area contributed by atoms with Crippen molar-refractivity contribution in [3.63, 3.8) is 0 Å². The minimum Gasteiger partial charge on any atom is -0.490 e. The van der Waals surface area contributed by atoms with Crippen molar-refractivity contribution in [3.05, 3.63) is 24.3 Å². The molecule has 106 valence electrons. The predicted octanol–water partition coefficient (Wildman–Crippen LogP) is 3.01. The number of rotatable bonds is 7. The summed E-state index contributed by atoms with van der Waals surface area (Å²) in [5, 5.41) is 0. The first-order valence-corrected chi connectivity index (χ1v) is 6.98. The van der Waals surface area contributed by atoms with Gasteiger partial charge in [-0.15, -0.1) is 0 Å². The molecule has 0 aliphatic carbocycles. The molecule has 0 spiro atoms. The second kappa shape index (κ2) is 8.02. The van der Waals surface area contributed by atoms with Gasteiger partial charge in [0, 0.05) is 6.61 Å². The van der Waals surface area contributed by atoms with Crippen LogP contribution in [-0.2, 0) is 9.47 Å². The summed E-state index contributed by atoms with van der Waals surface area (Å²) < 4.78 is 22.3. The fourth-order valence-electron chi connectivity index (χ4n) is 2.02. The molecular weight excluding hydrogens is 244 g/mol. The third kappa shape index (κ3) is 4.73. The summed E-state index contributed by atoms with van der Waals surface area (Å²) in [4.78, 5) is 0. The topological polar surface area (TPSA) is 36.9 Å². The first-order valence-electron chi connectivity index (χ1n) is 6.98. The lowest BCUT2D eigenvalue weighted by molar-refractivity contribution is -0.165. The summed E-state index contributed by atoms with van der Waals surface area (Å²) in [6.07, 6.45) is 3.24. The molecule has 0 unspecified atom stereocenters. The van der Waals surface area contributed by atoms with E-state index in [1.807, 2.05) is 31.2 Å². The van der Waals surface area contributed by atoms with E-state index >= 15 is 0 Å². The number of para-hydroxylation sites is 2. The van der Waals surface area contributed by atoms with Crippen LogP contribution in [0.2, 0.25) is 0 Å². The van der Waals surface area contributed by atoms with Gasteiger partial charge in [0.25, 0.3) is 0 Å². The zero-order chi connectivity index (χ0) is 13.3. The molecule has 0 aromatic heterocycles. The van der Waals surface area contributed by atoms with Crippen LogP contribution in [-0.4, -0.2) is 32.7 Å². The Morgan fingerprint density at radius 2 is 1.89 bits per heavy atom. The third-order valence-corrected chi connectivity index (χ3v) is 2.93. The van der Waals surface area contributed by atoms with Crippen LogP contribution in [0, 0.1) is 0 Å². The van der Waals surface area contributed by atoms with Crippen LogP contribution >= 0.6 is 0 Å². The molecule has 1 fully saturated rings. The van der Waals surface area contributed by atoms with Crippen molar-refractivity contribution in [2.75, 3.05) is 26.4 Å². The smallest absolute Gasteiger partial charge is 0.161 e. The van der Waals surface area contributed by atoms with Gasteiger partial charge in [0.15, 0.2) is 17.8 Å². The zero-order valence-corrected chi connectivity index (χ0v) is 11.5. The Kier molecular flexibility index (Phi) is 5.98. The molecule has 0 radical (unpaired) electrons. The summed E-state index contributed by atoms with van der Waals surface area (Å²) in [6.45, 7) is 4.43. The van der Waals surface area contributed by atoms with Gasteiger partial charge in [0.05, 0.1) is 13.2 Å². The van der Waals surface area contributed by atoms with Crippen LogP contribution < -0.4 is 9.47 Å². The van der Waals surface area contributed by atoms with Gasteiger partial charge in [-0.25, -0.2) is 0 Å². The van der Waals surface area contributed by atoms with Gasteiger partial charge in [-0.3, -0.25) is 0 Å². The quantitative estimate of drug-likeness (QED) is 0.711. The minimum absolute atomic E-state index is 0.0560. The number of ether oxygens (including phenoxy) is 4. The monoisotopic (exact) mass is 266 g/mol. The Morgan fingerprint density at radius 1 is 1.11 bits per heavy atom. The van der Waals surface area contributed by atoms with E-state index in [1.54, 1.807) is 0 Å². The lowest BCUT2D eigenvalue weighted by Crippen LogP contribution is -2.24. The van der Waals surface area contributed by atoms with Crippen molar-refractivity contribution >= 4 is 0 Å². The third-order valence-electron chi connectivity index (χ3n) is 2.93. The van der Waals surface area contributed by atoms with Gasteiger partial charge in [0.1, 0.15) is 6.61 Å². The van der Waals surface area contributed by atoms with Crippen LogP contribution in [0.15, 0.2) is 24.3 Å². The summed E-state index contributed by atoms with van der Waals surface area (Å²) in [6, 6.07) is 7.68. The molecule has 1 aliphatic heterocycles. The molecule has 0 saturated carbocycles. The van der Waals surface area contributed by atoms with Gasteiger partial charge in [-0.2, -0.15) is 0 Å². The summed E-state index contributed by atoms with van der Waals surface area (Å²) in [7, 11) is 0. The van der Waals surface area contributed by atoms with Crippen molar-refractivity contribution in [1.29, 1.82) is 0 Å². The van der Waals surface area contributed by atoms with E-state index in [9.17, 15) is 0 Å². The fraction of sp³-hybridized carbons (Fsp3) is 0.600. The maximum Gasteiger partial charge on any atom is 0.161 e. The number of benzene rings is 1. The molecule has 2 rings (SSSR count). The molecular formula is C15H22O4. The van der Waals surface area contributed by atoms with Crippen LogP contribution in [0.5, 0.6) is 11.5 Å². The Bertz CT molecular complexity index is 361. The Labute approximate surface area is 114 Å². The van der Waals surface area contributed by atoms with Gasteiger partial charge < -0.3 is 18.9 Å². The van der Waals surface area contributed by atoms with E-state index < -0.39 is 0 Å². The van der Waals surface area contributed by atoms with Gasteiger partial charge in [-0.1, -0.05) is 12.1 Å². The average Bonchev–Trinajstić information content (AvgIpc) is 2.47. The molecule has 0 bridgehead atoms. The molecule has 0 N–H and O–H groups in total. The first kappa shape index (κ1) is 14.2. The highest BCUT2D eigenvalue weighted by molar-refractivity contribution is 5.39. The predicted molar refractivity (Wildman–Crippen MR) is 72.6 cm³/mol. The average molecular weight is 266 g/mol. The largest absolute Gasteiger partial charge is 0.490 e. The highest BCUT2D eigenvalue weighted by Crippen LogP contribution is 2.26. The van der Waals surface area contributed by atoms with Crippen molar-refractivity contribution in [2.24, 2.45) is 0 Å². The van der Waals surface area contributed by atoms with Crippen LogP contribution in [0.1, 0.15) is 26.2 Å². The SMILES string of the molecule is CCOc1ccccc1OCCO[C@@H]1CCCCO1. The lowest BCUT2D eigenvalue weighted by Gasteiger charge is -2.22. The van der Waals surface area contributed by atoms with Crippen molar-refractivity contribution in [2.45, 2.75) is 32.5 Å². The Balaban J connectivity index is 1.70. The van der Waals surface area contributed by atoms with Crippen LogP contribution in [0.25, 0.3) is 0 Å². The lowest BCUT2D eigenvalue weighted by atomic mass is 10.2. The van der Waals surface area contributed by atoms with Gasteiger partial charge in [0.2, 0.25) is 0 Å². The molecule has 0 amide bonds. The van der Waals surface area contributed by atoms with E-state index in [4.69, 9.17) is 18.9 Å². The molecule has 1 atom stereocenters. The van der Waals surface area contributed by atoms with Crippen LogP contribution in [0.4, 0.5) is 0 Å². The summed E-state index contributed by atoms with van der Waals surface area (Å²) in [5.74, 6) is 1.54. The fourth-order valence-corrected chi connectivity index (χ4v) is 2.02. The second-order valence-electron chi connectivity index (χ2n) is 4.40. The maximum atomic E-state index is 5.68. The van der Waals surface area contributed by atoms with Crippen LogP contribution in [0.3, 0.4) is 0 Å². The summed E-state index contributed by atoms with van der Waals surface area (Å²) in [5.41, 5.74) is 0.